The maximum absolute atomic E-state index is 12.1. The average Bonchev–Trinajstić information content (AvgIpc) is 2.52. The zero-order valence-corrected chi connectivity index (χ0v) is 19.1. The first kappa shape index (κ1) is 24.4. The van der Waals surface area contributed by atoms with Gasteiger partial charge in [-0.25, -0.2) is 0 Å². The third-order valence-electron chi connectivity index (χ3n) is 4.43. The molecule has 1 amide bonds. The molecule has 7 heteroatoms. The molecule has 0 aliphatic carbocycles. The zero-order chi connectivity index (χ0) is 18.2. The van der Waals surface area contributed by atoms with Gasteiger partial charge >= 0.3 is 0 Å². The fourth-order valence-electron chi connectivity index (χ4n) is 2.95. The lowest BCUT2D eigenvalue weighted by molar-refractivity contribution is -0.128. The van der Waals surface area contributed by atoms with E-state index in [1.54, 1.807) is 7.05 Å². The second-order valence-electron chi connectivity index (χ2n) is 7.78. The van der Waals surface area contributed by atoms with Crippen LogP contribution in [0.4, 0.5) is 0 Å². The highest BCUT2D eigenvalue weighted by molar-refractivity contribution is 14.0. The van der Waals surface area contributed by atoms with E-state index in [0.717, 1.165) is 37.8 Å². The van der Waals surface area contributed by atoms with Gasteiger partial charge in [0.1, 0.15) is 0 Å². The average molecular weight is 467 g/mol. The van der Waals surface area contributed by atoms with Crippen LogP contribution in [0.2, 0.25) is 0 Å². The molecular formula is C18H38IN5O. The smallest absolute Gasteiger partial charge is 0.227 e. The van der Waals surface area contributed by atoms with Gasteiger partial charge in [-0.15, -0.1) is 24.0 Å². The Kier molecular flexibility index (Phi) is 11.7. The molecule has 0 saturated carbocycles. The number of guanidine groups is 1. The molecule has 148 valence electrons. The summed E-state index contributed by atoms with van der Waals surface area (Å²) in [6.07, 6.45) is 2.26. The predicted octanol–water partition coefficient (Wildman–Crippen LogP) is 2.05. The minimum atomic E-state index is -0.464. The first-order chi connectivity index (χ1) is 11.3. The summed E-state index contributed by atoms with van der Waals surface area (Å²) in [5.74, 6) is 1.57. The summed E-state index contributed by atoms with van der Waals surface area (Å²) < 4.78 is 0. The maximum Gasteiger partial charge on any atom is 0.227 e. The molecule has 0 bridgehead atoms. The maximum atomic E-state index is 12.1. The van der Waals surface area contributed by atoms with Gasteiger partial charge in [-0.05, 0) is 39.5 Å². The molecule has 0 spiro atoms. The minimum Gasteiger partial charge on any atom is -0.356 e. The van der Waals surface area contributed by atoms with Crippen LogP contribution < -0.4 is 16.0 Å². The summed E-state index contributed by atoms with van der Waals surface area (Å²) in [5, 5.41) is 9.69. The largest absolute Gasteiger partial charge is 0.356 e. The van der Waals surface area contributed by atoms with Gasteiger partial charge in [-0.3, -0.25) is 9.79 Å². The molecule has 1 heterocycles. The Bertz CT molecular complexity index is 418. The number of rotatable bonds is 7. The molecule has 0 unspecified atom stereocenters. The summed E-state index contributed by atoms with van der Waals surface area (Å²) in [6.45, 7) is 15.0. The topological polar surface area (TPSA) is 68.8 Å². The number of hydrogen-bond acceptors (Lipinski definition) is 3. The van der Waals surface area contributed by atoms with Crippen molar-refractivity contribution in [3.63, 3.8) is 0 Å². The van der Waals surface area contributed by atoms with E-state index in [4.69, 9.17) is 0 Å². The third kappa shape index (κ3) is 9.08. The first-order valence-corrected chi connectivity index (χ1v) is 9.26. The van der Waals surface area contributed by atoms with E-state index in [0.29, 0.717) is 19.1 Å². The van der Waals surface area contributed by atoms with Gasteiger partial charge in [0, 0.05) is 45.8 Å². The van der Waals surface area contributed by atoms with E-state index in [9.17, 15) is 4.79 Å². The molecule has 3 N–H and O–H groups in total. The third-order valence-corrected chi connectivity index (χ3v) is 4.43. The second-order valence-corrected chi connectivity index (χ2v) is 7.78. The van der Waals surface area contributed by atoms with Gasteiger partial charge < -0.3 is 20.9 Å². The van der Waals surface area contributed by atoms with Crippen LogP contribution in [0.3, 0.4) is 0 Å². The highest BCUT2D eigenvalue weighted by Gasteiger charge is 2.27. The number of nitrogens with zero attached hydrogens (tertiary/aromatic N) is 2. The molecule has 25 heavy (non-hydrogen) atoms. The summed E-state index contributed by atoms with van der Waals surface area (Å²) in [7, 11) is 1.78. The molecule has 1 fully saturated rings. The second kappa shape index (κ2) is 11.9. The van der Waals surface area contributed by atoms with E-state index in [1.807, 2.05) is 20.8 Å². The number of halogens is 1. The summed E-state index contributed by atoms with van der Waals surface area (Å²) in [4.78, 5) is 18.9. The summed E-state index contributed by atoms with van der Waals surface area (Å²) >= 11 is 0. The number of amides is 1. The molecule has 1 aliphatic rings. The molecular weight excluding hydrogens is 429 g/mol. The Morgan fingerprint density at radius 3 is 2.32 bits per heavy atom. The van der Waals surface area contributed by atoms with Crippen LogP contribution >= 0.6 is 24.0 Å². The van der Waals surface area contributed by atoms with Crippen LogP contribution in [0.25, 0.3) is 0 Å². The van der Waals surface area contributed by atoms with Crippen molar-refractivity contribution >= 4 is 35.8 Å². The number of likely N-dealkylation sites (tertiary alicyclic amines) is 1. The van der Waals surface area contributed by atoms with Crippen LogP contribution in [0.5, 0.6) is 0 Å². The number of carbonyl (C=O) groups is 1. The van der Waals surface area contributed by atoms with Gasteiger partial charge in [0.25, 0.3) is 0 Å². The van der Waals surface area contributed by atoms with Crippen molar-refractivity contribution in [3.8, 4) is 0 Å². The van der Waals surface area contributed by atoms with Crippen molar-refractivity contribution in [1.82, 2.24) is 20.9 Å². The zero-order valence-electron chi connectivity index (χ0n) is 16.8. The minimum absolute atomic E-state index is 0. The number of nitrogens with one attached hydrogen (secondary N) is 3. The van der Waals surface area contributed by atoms with E-state index < -0.39 is 5.41 Å². The Labute approximate surface area is 171 Å². The fraction of sp³-hybridized carbons (Fsp3) is 0.889. The lowest BCUT2D eigenvalue weighted by atomic mass is 9.92. The summed E-state index contributed by atoms with van der Waals surface area (Å²) in [6, 6.07) is 0.451. The Morgan fingerprint density at radius 1 is 1.24 bits per heavy atom. The highest BCUT2D eigenvalue weighted by atomic mass is 127. The number of piperidine rings is 1. The Balaban J connectivity index is 0.00000576. The molecule has 0 aromatic carbocycles. The van der Waals surface area contributed by atoms with Gasteiger partial charge in [0.05, 0.1) is 5.41 Å². The normalized spacial score (nSPS) is 17.2. The molecule has 0 radical (unpaired) electrons. The van der Waals surface area contributed by atoms with Crippen LogP contribution in [0.15, 0.2) is 4.99 Å². The lowest BCUT2D eigenvalue weighted by Gasteiger charge is -2.34. The number of aliphatic imine (C=N–C) groups is 1. The summed E-state index contributed by atoms with van der Waals surface area (Å²) in [5.41, 5.74) is -0.464. The predicted molar refractivity (Wildman–Crippen MR) is 117 cm³/mol. The molecule has 1 saturated heterocycles. The molecule has 6 nitrogen and oxygen atoms in total. The SMILES string of the molecule is CCNC(=O)C(C)(C)CNC(=NC)NC1CCN(CC(C)C)CC1.I. The highest BCUT2D eigenvalue weighted by Crippen LogP contribution is 2.14. The molecule has 0 atom stereocenters. The van der Waals surface area contributed by atoms with E-state index in [1.165, 1.54) is 6.54 Å². The monoisotopic (exact) mass is 467 g/mol. The lowest BCUT2D eigenvalue weighted by Crippen LogP contribution is -2.52. The van der Waals surface area contributed by atoms with Crippen LogP contribution in [0, 0.1) is 11.3 Å². The standard InChI is InChI=1S/C18H37N5O.HI/c1-7-20-16(24)18(4,5)13-21-17(19-6)22-15-8-10-23(11-9-15)12-14(2)3;/h14-15H,7-13H2,1-6H3,(H,20,24)(H2,19,21,22);1H. The Hall–Kier alpha value is -0.570. The van der Waals surface area contributed by atoms with Gasteiger partial charge in [-0.2, -0.15) is 0 Å². The molecule has 1 aliphatic heterocycles. The molecule has 0 aromatic rings. The van der Waals surface area contributed by atoms with Gasteiger partial charge in [0.2, 0.25) is 5.91 Å². The van der Waals surface area contributed by atoms with E-state index >= 15 is 0 Å². The fourth-order valence-corrected chi connectivity index (χ4v) is 2.95. The van der Waals surface area contributed by atoms with Crippen molar-refractivity contribution in [2.45, 2.75) is 53.5 Å². The Morgan fingerprint density at radius 2 is 1.84 bits per heavy atom. The van der Waals surface area contributed by atoms with Crippen molar-refractivity contribution < 1.29 is 4.79 Å². The van der Waals surface area contributed by atoms with Gasteiger partial charge in [0.15, 0.2) is 5.96 Å². The van der Waals surface area contributed by atoms with Crippen LogP contribution in [-0.2, 0) is 4.79 Å². The van der Waals surface area contributed by atoms with E-state index in [-0.39, 0.29) is 29.9 Å². The van der Waals surface area contributed by atoms with Crippen molar-refractivity contribution in [3.05, 3.63) is 0 Å². The van der Waals surface area contributed by atoms with Crippen molar-refractivity contribution in [2.24, 2.45) is 16.3 Å². The van der Waals surface area contributed by atoms with Crippen LogP contribution in [0.1, 0.15) is 47.5 Å². The van der Waals surface area contributed by atoms with Crippen molar-refractivity contribution in [1.29, 1.82) is 0 Å². The molecule has 1 rings (SSSR count). The molecule has 0 aromatic heterocycles. The van der Waals surface area contributed by atoms with E-state index in [2.05, 4.69) is 39.7 Å². The quantitative estimate of drug-likeness (QED) is 0.305. The number of carbonyl (C=O) groups excluding carboxylic acids is 1. The van der Waals surface area contributed by atoms with Gasteiger partial charge in [-0.1, -0.05) is 13.8 Å². The first-order valence-electron chi connectivity index (χ1n) is 9.26. The van der Waals surface area contributed by atoms with Crippen LogP contribution in [-0.4, -0.2) is 62.6 Å². The number of hydrogen-bond donors (Lipinski definition) is 3. The van der Waals surface area contributed by atoms with Crippen molar-refractivity contribution in [2.75, 3.05) is 39.8 Å².